The Morgan fingerprint density at radius 1 is 1.33 bits per heavy atom. The van der Waals surface area contributed by atoms with Crippen LogP contribution >= 0.6 is 27.7 Å². The van der Waals surface area contributed by atoms with Crippen LogP contribution < -0.4 is 15.3 Å². The summed E-state index contributed by atoms with van der Waals surface area (Å²) in [5.74, 6) is 7.22. The topological polar surface area (TPSA) is 106 Å². The summed E-state index contributed by atoms with van der Waals surface area (Å²) in [6.07, 6.45) is 4.48. The molecule has 1 aromatic carbocycles. The van der Waals surface area contributed by atoms with E-state index in [-0.39, 0.29) is 6.61 Å². The van der Waals surface area contributed by atoms with Crippen LogP contribution in [0.2, 0.25) is 0 Å². The first-order valence-electron chi connectivity index (χ1n) is 6.95. The SMILES string of the molecule is N=C/C(COc1ccc(OCCSc2ncccn2)c(Br)c1)=N\N. The maximum absolute atomic E-state index is 7.10. The predicted molar refractivity (Wildman–Crippen MR) is 98.3 cm³/mol. The monoisotopic (exact) mass is 409 g/mol. The van der Waals surface area contributed by atoms with Crippen LogP contribution in [0, 0.1) is 5.41 Å². The molecule has 0 radical (unpaired) electrons. The first kappa shape index (κ1) is 18.2. The molecule has 0 amide bonds. The Morgan fingerprint density at radius 3 is 2.79 bits per heavy atom. The van der Waals surface area contributed by atoms with Gasteiger partial charge in [-0.2, -0.15) is 5.10 Å². The minimum Gasteiger partial charge on any atom is -0.492 e. The van der Waals surface area contributed by atoms with Gasteiger partial charge in [-0.3, -0.25) is 0 Å². The predicted octanol–water partition coefficient (Wildman–Crippen LogP) is 2.75. The summed E-state index contributed by atoms with van der Waals surface area (Å²) in [7, 11) is 0. The lowest BCUT2D eigenvalue weighted by Crippen LogP contribution is -2.14. The number of thioether (sulfide) groups is 1. The lowest BCUT2D eigenvalue weighted by atomic mass is 10.3. The molecule has 0 saturated carbocycles. The third-order valence-corrected chi connectivity index (χ3v) is 4.20. The summed E-state index contributed by atoms with van der Waals surface area (Å²) in [4.78, 5) is 8.27. The fraction of sp³-hybridized carbons (Fsp3) is 0.200. The van der Waals surface area contributed by atoms with Crippen LogP contribution in [-0.4, -0.2) is 40.9 Å². The van der Waals surface area contributed by atoms with Gasteiger partial charge in [0.05, 0.1) is 11.1 Å². The van der Waals surface area contributed by atoms with E-state index in [1.54, 1.807) is 30.6 Å². The van der Waals surface area contributed by atoms with Crippen molar-refractivity contribution in [3.05, 3.63) is 41.1 Å². The molecule has 9 heteroatoms. The number of hydrazone groups is 1. The molecule has 0 aliphatic rings. The van der Waals surface area contributed by atoms with E-state index in [0.717, 1.165) is 27.3 Å². The molecular weight excluding hydrogens is 394 g/mol. The zero-order valence-electron chi connectivity index (χ0n) is 12.7. The maximum atomic E-state index is 7.10. The van der Waals surface area contributed by atoms with Crippen LogP contribution in [0.3, 0.4) is 0 Å². The van der Waals surface area contributed by atoms with Gasteiger partial charge in [-0.25, -0.2) is 9.97 Å². The highest BCUT2D eigenvalue weighted by Gasteiger charge is 2.05. The molecule has 0 bridgehead atoms. The fourth-order valence-corrected chi connectivity index (χ4v) is 2.70. The van der Waals surface area contributed by atoms with Crippen molar-refractivity contribution in [3.63, 3.8) is 0 Å². The van der Waals surface area contributed by atoms with Gasteiger partial charge < -0.3 is 20.7 Å². The Balaban J connectivity index is 1.80. The Bertz CT molecular complexity index is 700. The van der Waals surface area contributed by atoms with Crippen molar-refractivity contribution < 1.29 is 9.47 Å². The Morgan fingerprint density at radius 2 is 2.12 bits per heavy atom. The molecule has 0 aliphatic carbocycles. The van der Waals surface area contributed by atoms with E-state index >= 15 is 0 Å². The van der Waals surface area contributed by atoms with Crippen molar-refractivity contribution in [1.82, 2.24) is 9.97 Å². The second kappa shape index (κ2) is 9.89. The Kier molecular flexibility index (Phi) is 7.50. The summed E-state index contributed by atoms with van der Waals surface area (Å²) >= 11 is 4.98. The lowest BCUT2D eigenvalue weighted by molar-refractivity contribution is 0.339. The highest BCUT2D eigenvalue weighted by molar-refractivity contribution is 9.10. The van der Waals surface area contributed by atoms with Gasteiger partial charge in [0.2, 0.25) is 0 Å². The van der Waals surface area contributed by atoms with Gasteiger partial charge in [0.25, 0.3) is 0 Å². The van der Waals surface area contributed by atoms with Crippen LogP contribution in [0.4, 0.5) is 0 Å². The Hall–Kier alpha value is -2.13. The van der Waals surface area contributed by atoms with E-state index in [9.17, 15) is 0 Å². The highest BCUT2D eigenvalue weighted by Crippen LogP contribution is 2.29. The van der Waals surface area contributed by atoms with Gasteiger partial charge in [0.15, 0.2) is 5.16 Å². The van der Waals surface area contributed by atoms with Gasteiger partial charge in [0.1, 0.15) is 23.8 Å². The van der Waals surface area contributed by atoms with Crippen LogP contribution in [0.1, 0.15) is 0 Å². The summed E-state index contributed by atoms with van der Waals surface area (Å²) in [6.45, 7) is 0.667. The number of benzene rings is 1. The summed E-state index contributed by atoms with van der Waals surface area (Å²) < 4.78 is 12.0. The zero-order valence-corrected chi connectivity index (χ0v) is 15.1. The number of hydrogen-bond donors (Lipinski definition) is 2. The van der Waals surface area contributed by atoms with Crippen molar-refractivity contribution in [2.24, 2.45) is 10.9 Å². The number of nitrogens with two attached hydrogens (primary N) is 1. The number of hydrogen-bond acceptors (Lipinski definition) is 8. The molecule has 7 nitrogen and oxygen atoms in total. The summed E-state index contributed by atoms with van der Waals surface area (Å²) in [5.41, 5.74) is 0.353. The smallest absolute Gasteiger partial charge is 0.187 e. The van der Waals surface area contributed by atoms with Crippen molar-refractivity contribution in [3.8, 4) is 11.5 Å². The molecule has 0 unspecified atom stereocenters. The van der Waals surface area contributed by atoms with Crippen molar-refractivity contribution in [2.75, 3.05) is 19.0 Å². The molecule has 0 spiro atoms. The van der Waals surface area contributed by atoms with Gasteiger partial charge in [-0.1, -0.05) is 11.8 Å². The van der Waals surface area contributed by atoms with Gasteiger partial charge in [-0.15, -0.1) is 0 Å². The number of nitrogens with zero attached hydrogens (tertiary/aromatic N) is 3. The first-order chi connectivity index (χ1) is 11.7. The molecule has 0 saturated heterocycles. The van der Waals surface area contributed by atoms with Crippen LogP contribution in [0.15, 0.2) is 51.4 Å². The number of ether oxygens (including phenoxy) is 2. The lowest BCUT2D eigenvalue weighted by Gasteiger charge is -2.10. The molecule has 126 valence electrons. The normalized spacial score (nSPS) is 11.1. The highest BCUT2D eigenvalue weighted by atomic mass is 79.9. The molecular formula is C15H16BrN5O2S. The van der Waals surface area contributed by atoms with Crippen molar-refractivity contribution >= 4 is 39.6 Å². The molecule has 0 aliphatic heterocycles. The van der Waals surface area contributed by atoms with Crippen molar-refractivity contribution in [1.29, 1.82) is 5.41 Å². The van der Waals surface area contributed by atoms with E-state index in [1.807, 2.05) is 6.07 Å². The number of rotatable bonds is 9. The second-order valence-corrected chi connectivity index (χ2v) is 6.29. The van der Waals surface area contributed by atoms with Gasteiger partial charge >= 0.3 is 0 Å². The molecule has 3 N–H and O–H groups in total. The van der Waals surface area contributed by atoms with Gasteiger partial charge in [0, 0.05) is 24.4 Å². The molecule has 0 atom stereocenters. The summed E-state index contributed by atoms with van der Waals surface area (Å²) in [5, 5.41) is 11.3. The third kappa shape index (κ3) is 5.82. The summed E-state index contributed by atoms with van der Waals surface area (Å²) in [6, 6.07) is 7.17. The average molecular weight is 410 g/mol. The van der Waals surface area contributed by atoms with Crippen LogP contribution in [0.25, 0.3) is 0 Å². The van der Waals surface area contributed by atoms with Crippen LogP contribution in [0.5, 0.6) is 11.5 Å². The first-order valence-corrected chi connectivity index (χ1v) is 8.73. The van der Waals surface area contributed by atoms with E-state index in [2.05, 4.69) is 31.0 Å². The standard InChI is InChI=1S/C15H16BrN5O2S/c16-13-8-12(23-10-11(9-17)21-18)2-3-14(13)22-6-7-24-15-19-4-1-5-20-15/h1-5,8-9,17H,6-7,10,18H2/b17-9?,21-11+. The largest absolute Gasteiger partial charge is 0.492 e. The molecule has 1 heterocycles. The van der Waals surface area contributed by atoms with E-state index in [1.165, 1.54) is 11.8 Å². The molecule has 2 rings (SSSR count). The number of halogens is 1. The third-order valence-electron chi connectivity index (χ3n) is 2.74. The van der Waals surface area contributed by atoms with Gasteiger partial charge in [-0.05, 0) is 40.2 Å². The van der Waals surface area contributed by atoms with Crippen molar-refractivity contribution in [2.45, 2.75) is 5.16 Å². The quantitative estimate of drug-likeness (QED) is 0.164. The molecule has 2 aromatic rings. The number of nitrogens with one attached hydrogen (secondary N) is 1. The zero-order chi connectivity index (χ0) is 17.2. The second-order valence-electron chi connectivity index (χ2n) is 4.37. The average Bonchev–Trinajstić information content (AvgIpc) is 2.62. The van der Waals surface area contributed by atoms with Crippen LogP contribution in [-0.2, 0) is 0 Å². The van der Waals surface area contributed by atoms with E-state index in [0.29, 0.717) is 18.1 Å². The maximum Gasteiger partial charge on any atom is 0.187 e. The minimum absolute atomic E-state index is 0.139. The Labute approximate surface area is 152 Å². The van der Waals surface area contributed by atoms with E-state index in [4.69, 9.17) is 20.7 Å². The molecule has 1 aromatic heterocycles. The number of aromatic nitrogens is 2. The minimum atomic E-state index is 0.139. The molecule has 0 fully saturated rings. The van der Waals surface area contributed by atoms with E-state index < -0.39 is 0 Å². The molecule has 24 heavy (non-hydrogen) atoms. The fourth-order valence-electron chi connectivity index (χ4n) is 1.61.